The molecule has 0 saturated carbocycles. The molecule has 36 heavy (non-hydrogen) atoms. The second-order valence-electron chi connectivity index (χ2n) is 11.2. The lowest BCUT2D eigenvalue weighted by molar-refractivity contribution is -0.118. The standard InChI is InChI=1S/C27H42N4O5/c1-17(2)31-15-18(3)22(16-30(7)26(34)36-27(4,5)6)35-23-19(25(31)33)11-10-13-20(23)29-24(32)21-12-8-9-14-28-21/h10-11,13,17-18,21-22,28H,8-9,12,14-16H2,1-7H3,(H,29,32). The molecule has 0 radical (unpaired) electrons. The monoisotopic (exact) mass is 502 g/mol. The van der Waals surface area contributed by atoms with Crippen molar-refractivity contribution in [2.75, 3.05) is 32.0 Å². The molecule has 0 aliphatic carbocycles. The second kappa shape index (κ2) is 11.5. The van der Waals surface area contributed by atoms with Gasteiger partial charge in [-0.15, -0.1) is 0 Å². The number of nitrogens with one attached hydrogen (secondary N) is 2. The molecule has 2 aliphatic rings. The van der Waals surface area contributed by atoms with Crippen LogP contribution in [-0.4, -0.2) is 78.2 Å². The third-order valence-electron chi connectivity index (χ3n) is 6.56. The van der Waals surface area contributed by atoms with Crippen molar-refractivity contribution in [3.8, 4) is 5.75 Å². The Balaban J connectivity index is 1.93. The second-order valence-corrected chi connectivity index (χ2v) is 11.2. The molecule has 9 nitrogen and oxygen atoms in total. The number of fused-ring (bicyclic) bond motifs is 1. The number of nitrogens with zero attached hydrogens (tertiary/aromatic N) is 2. The smallest absolute Gasteiger partial charge is 0.410 e. The zero-order chi connectivity index (χ0) is 26.6. The van der Waals surface area contributed by atoms with Gasteiger partial charge in [-0.1, -0.05) is 19.4 Å². The largest absolute Gasteiger partial charge is 0.485 e. The zero-order valence-electron chi connectivity index (χ0n) is 22.7. The summed E-state index contributed by atoms with van der Waals surface area (Å²) in [5.74, 6) is -0.0281. The quantitative estimate of drug-likeness (QED) is 0.634. The van der Waals surface area contributed by atoms with Gasteiger partial charge in [0.2, 0.25) is 5.91 Å². The fourth-order valence-electron chi connectivity index (χ4n) is 4.51. The molecular formula is C27H42N4O5. The highest BCUT2D eigenvalue weighted by Crippen LogP contribution is 2.35. The average molecular weight is 503 g/mol. The van der Waals surface area contributed by atoms with E-state index in [0.717, 1.165) is 25.8 Å². The van der Waals surface area contributed by atoms with Crippen molar-refractivity contribution in [2.24, 2.45) is 5.92 Å². The van der Waals surface area contributed by atoms with Crippen LogP contribution in [0, 0.1) is 5.92 Å². The van der Waals surface area contributed by atoms with Crippen molar-refractivity contribution in [1.29, 1.82) is 0 Å². The molecule has 9 heteroatoms. The molecule has 0 aromatic heterocycles. The van der Waals surface area contributed by atoms with Gasteiger partial charge in [-0.05, 0) is 66.1 Å². The van der Waals surface area contributed by atoms with Crippen molar-refractivity contribution >= 4 is 23.6 Å². The summed E-state index contributed by atoms with van der Waals surface area (Å²) in [6.07, 6.45) is 1.94. The van der Waals surface area contributed by atoms with Crippen molar-refractivity contribution in [3.05, 3.63) is 23.8 Å². The topological polar surface area (TPSA) is 100 Å². The maximum absolute atomic E-state index is 13.5. The van der Waals surface area contributed by atoms with Gasteiger partial charge in [-0.25, -0.2) is 4.79 Å². The van der Waals surface area contributed by atoms with Crippen LogP contribution in [0.2, 0.25) is 0 Å². The summed E-state index contributed by atoms with van der Waals surface area (Å²) < 4.78 is 12.0. The molecule has 3 atom stereocenters. The van der Waals surface area contributed by atoms with Crippen molar-refractivity contribution in [1.82, 2.24) is 15.1 Å². The minimum Gasteiger partial charge on any atom is -0.485 e. The van der Waals surface area contributed by atoms with Crippen LogP contribution in [0.25, 0.3) is 0 Å². The number of para-hydroxylation sites is 1. The Labute approximate surface area is 214 Å². The number of likely N-dealkylation sites (N-methyl/N-ethyl adjacent to an activating group) is 1. The Bertz CT molecular complexity index is 952. The van der Waals surface area contributed by atoms with E-state index in [-0.39, 0.29) is 36.4 Å². The number of ether oxygens (including phenoxy) is 2. The van der Waals surface area contributed by atoms with E-state index in [2.05, 4.69) is 10.6 Å². The van der Waals surface area contributed by atoms with E-state index in [9.17, 15) is 14.4 Å². The van der Waals surface area contributed by atoms with E-state index >= 15 is 0 Å². The molecule has 1 aromatic carbocycles. The van der Waals surface area contributed by atoms with Gasteiger partial charge >= 0.3 is 6.09 Å². The number of amides is 3. The van der Waals surface area contributed by atoms with Gasteiger partial charge in [0.15, 0.2) is 5.75 Å². The third-order valence-corrected chi connectivity index (χ3v) is 6.56. The normalized spacial score (nSPS) is 22.7. The molecule has 1 fully saturated rings. The number of benzene rings is 1. The minimum atomic E-state index is -0.614. The number of carbonyl (C=O) groups is 3. The van der Waals surface area contributed by atoms with Gasteiger partial charge in [0.05, 0.1) is 23.8 Å². The van der Waals surface area contributed by atoms with Gasteiger partial charge in [0.1, 0.15) is 11.7 Å². The first-order valence-corrected chi connectivity index (χ1v) is 13.0. The lowest BCUT2D eigenvalue weighted by Crippen LogP contribution is -2.49. The number of piperidine rings is 1. The van der Waals surface area contributed by atoms with Crippen LogP contribution in [0.1, 0.15) is 71.2 Å². The highest BCUT2D eigenvalue weighted by Gasteiger charge is 2.35. The molecule has 1 saturated heterocycles. The number of hydrogen-bond donors (Lipinski definition) is 2. The minimum absolute atomic E-state index is 0.0279. The first kappa shape index (κ1) is 27.8. The zero-order valence-corrected chi connectivity index (χ0v) is 22.7. The highest BCUT2D eigenvalue weighted by molar-refractivity contribution is 6.02. The van der Waals surface area contributed by atoms with E-state index < -0.39 is 17.8 Å². The van der Waals surface area contributed by atoms with Crippen LogP contribution in [0.15, 0.2) is 18.2 Å². The fraction of sp³-hybridized carbons (Fsp3) is 0.667. The van der Waals surface area contributed by atoms with Gasteiger partial charge in [0.25, 0.3) is 5.91 Å². The number of anilines is 1. The molecule has 3 unspecified atom stereocenters. The number of rotatable bonds is 5. The van der Waals surface area contributed by atoms with E-state index in [0.29, 0.717) is 23.5 Å². The van der Waals surface area contributed by atoms with Gasteiger partial charge in [-0.3, -0.25) is 9.59 Å². The van der Waals surface area contributed by atoms with Gasteiger partial charge < -0.3 is 29.9 Å². The van der Waals surface area contributed by atoms with Crippen molar-refractivity contribution < 1.29 is 23.9 Å². The molecule has 0 bridgehead atoms. The highest BCUT2D eigenvalue weighted by atomic mass is 16.6. The third kappa shape index (κ3) is 6.90. The van der Waals surface area contributed by atoms with E-state index in [4.69, 9.17) is 9.47 Å². The molecule has 2 N–H and O–H groups in total. The molecule has 2 aliphatic heterocycles. The Morgan fingerprint density at radius 1 is 1.28 bits per heavy atom. The summed E-state index contributed by atoms with van der Waals surface area (Å²) >= 11 is 0. The first-order valence-electron chi connectivity index (χ1n) is 13.0. The summed E-state index contributed by atoms with van der Waals surface area (Å²) in [6.45, 7) is 13.0. The maximum Gasteiger partial charge on any atom is 0.410 e. The average Bonchev–Trinajstić information content (AvgIpc) is 2.80. The van der Waals surface area contributed by atoms with E-state index in [1.807, 2.05) is 46.4 Å². The number of carbonyl (C=O) groups excluding carboxylic acids is 3. The van der Waals surface area contributed by atoms with Gasteiger partial charge in [0, 0.05) is 25.6 Å². The van der Waals surface area contributed by atoms with Crippen molar-refractivity contribution in [3.63, 3.8) is 0 Å². The van der Waals surface area contributed by atoms with E-state index in [1.54, 1.807) is 25.2 Å². The molecule has 0 spiro atoms. The molecule has 3 amide bonds. The summed E-state index contributed by atoms with van der Waals surface area (Å²) in [6, 6.07) is 4.94. The molecule has 2 heterocycles. The Morgan fingerprint density at radius 3 is 2.61 bits per heavy atom. The fourth-order valence-corrected chi connectivity index (χ4v) is 4.51. The lowest BCUT2D eigenvalue weighted by Gasteiger charge is -2.38. The molecule has 1 aromatic rings. The predicted molar refractivity (Wildman–Crippen MR) is 139 cm³/mol. The van der Waals surface area contributed by atoms with Crippen LogP contribution < -0.4 is 15.4 Å². The maximum atomic E-state index is 13.5. The Morgan fingerprint density at radius 2 is 2.00 bits per heavy atom. The number of hydrogen-bond acceptors (Lipinski definition) is 6. The van der Waals surface area contributed by atoms with Crippen LogP contribution in [0.4, 0.5) is 10.5 Å². The van der Waals surface area contributed by atoms with Crippen LogP contribution in [0.5, 0.6) is 5.75 Å². The summed E-state index contributed by atoms with van der Waals surface area (Å²) in [7, 11) is 1.68. The Hall–Kier alpha value is -2.81. The molecule has 3 rings (SSSR count). The van der Waals surface area contributed by atoms with Crippen LogP contribution in [0.3, 0.4) is 0 Å². The van der Waals surface area contributed by atoms with E-state index in [1.165, 1.54) is 4.90 Å². The summed E-state index contributed by atoms with van der Waals surface area (Å²) in [5.41, 5.74) is 0.243. The molecular weight excluding hydrogens is 460 g/mol. The molecule has 200 valence electrons. The lowest BCUT2D eigenvalue weighted by atomic mass is 9.99. The predicted octanol–water partition coefficient (Wildman–Crippen LogP) is 3.88. The summed E-state index contributed by atoms with van der Waals surface area (Å²) in [4.78, 5) is 42.6. The van der Waals surface area contributed by atoms with Crippen molar-refractivity contribution in [2.45, 2.75) is 84.6 Å². The summed E-state index contributed by atoms with van der Waals surface area (Å²) in [5, 5.41) is 6.25. The Kier molecular flexibility index (Phi) is 8.87. The van der Waals surface area contributed by atoms with Gasteiger partial charge in [-0.2, -0.15) is 0 Å². The SMILES string of the molecule is CC1CN(C(C)C)C(=O)c2cccc(NC(=O)C3CCCCN3)c2OC1CN(C)C(=O)OC(C)(C)C. The van der Waals surface area contributed by atoms with Crippen LogP contribution >= 0.6 is 0 Å². The van der Waals surface area contributed by atoms with Crippen LogP contribution in [-0.2, 0) is 9.53 Å². The first-order chi connectivity index (χ1) is 16.9.